The molecule has 2 amide bonds. The Kier molecular flexibility index (Phi) is 8.29. The molecule has 0 aliphatic heterocycles. The van der Waals surface area contributed by atoms with Gasteiger partial charge in [0, 0.05) is 12.1 Å². The van der Waals surface area contributed by atoms with E-state index >= 15 is 0 Å². The van der Waals surface area contributed by atoms with Crippen molar-refractivity contribution in [1.82, 2.24) is 10.6 Å². The Morgan fingerprint density at radius 1 is 1.08 bits per heavy atom. The molecule has 0 heterocycles. The summed E-state index contributed by atoms with van der Waals surface area (Å²) in [5, 5.41) is 14.7. The van der Waals surface area contributed by atoms with Gasteiger partial charge in [-0.25, -0.2) is 0 Å². The number of benzene rings is 1. The second-order valence-corrected chi connectivity index (χ2v) is 7.42. The molecular formula is C20H30N2O4. The lowest BCUT2D eigenvalue weighted by Crippen LogP contribution is -2.51. The average Bonchev–Trinajstić information content (AvgIpc) is 2.55. The van der Waals surface area contributed by atoms with Crippen LogP contribution in [0.2, 0.25) is 0 Å². The van der Waals surface area contributed by atoms with Gasteiger partial charge in [-0.2, -0.15) is 0 Å². The lowest BCUT2D eigenvalue weighted by atomic mass is 9.96. The molecule has 3 N–H and O–H groups in total. The summed E-state index contributed by atoms with van der Waals surface area (Å²) >= 11 is 0. The number of nitrogens with one attached hydrogen (secondary N) is 2. The molecule has 0 spiro atoms. The molecule has 2 unspecified atom stereocenters. The van der Waals surface area contributed by atoms with Crippen molar-refractivity contribution in [3.8, 4) is 0 Å². The first kappa shape index (κ1) is 21.7. The summed E-state index contributed by atoms with van der Waals surface area (Å²) in [6.45, 7) is 9.45. The molecular weight excluding hydrogens is 332 g/mol. The fourth-order valence-corrected chi connectivity index (χ4v) is 2.76. The van der Waals surface area contributed by atoms with Crippen molar-refractivity contribution in [2.45, 2.75) is 47.1 Å². The Labute approximate surface area is 155 Å². The zero-order valence-corrected chi connectivity index (χ0v) is 16.2. The first-order valence-corrected chi connectivity index (χ1v) is 9.00. The maximum Gasteiger partial charge on any atom is 0.308 e. The third-order valence-electron chi connectivity index (χ3n) is 4.25. The minimum atomic E-state index is -0.927. The van der Waals surface area contributed by atoms with Crippen molar-refractivity contribution in [2.75, 3.05) is 6.54 Å². The Hall–Kier alpha value is -2.37. The van der Waals surface area contributed by atoms with E-state index in [2.05, 4.69) is 10.6 Å². The van der Waals surface area contributed by atoms with Crippen molar-refractivity contribution in [2.24, 2.45) is 17.8 Å². The predicted molar refractivity (Wildman–Crippen MR) is 101 cm³/mol. The molecule has 0 aliphatic rings. The highest BCUT2D eigenvalue weighted by Crippen LogP contribution is 2.12. The van der Waals surface area contributed by atoms with E-state index in [4.69, 9.17) is 0 Å². The average molecular weight is 362 g/mol. The van der Waals surface area contributed by atoms with Gasteiger partial charge in [-0.15, -0.1) is 0 Å². The molecule has 0 aromatic heterocycles. The van der Waals surface area contributed by atoms with Gasteiger partial charge >= 0.3 is 5.97 Å². The Balaban J connectivity index is 2.77. The number of amides is 2. The van der Waals surface area contributed by atoms with Crippen molar-refractivity contribution >= 4 is 17.8 Å². The summed E-state index contributed by atoms with van der Waals surface area (Å²) in [5.41, 5.74) is 1.35. The standard InChI is InChI=1S/C20H30N2O4/c1-12(2)10-15(20(25)26)11-21-19(24)17(13(3)4)22-18(23)16-9-7-6-8-14(16)5/h6-9,12-13,15,17H,10-11H2,1-5H3,(H,21,24)(H,22,23)(H,25,26). The summed E-state index contributed by atoms with van der Waals surface area (Å²) in [6.07, 6.45) is 0.484. The topological polar surface area (TPSA) is 95.5 Å². The van der Waals surface area contributed by atoms with Crippen LogP contribution >= 0.6 is 0 Å². The van der Waals surface area contributed by atoms with Crippen LogP contribution in [0.5, 0.6) is 0 Å². The third kappa shape index (κ3) is 6.50. The number of hydrogen-bond donors (Lipinski definition) is 3. The van der Waals surface area contributed by atoms with Crippen LogP contribution in [0.4, 0.5) is 0 Å². The van der Waals surface area contributed by atoms with Crippen LogP contribution < -0.4 is 10.6 Å². The van der Waals surface area contributed by atoms with Crippen LogP contribution in [0.1, 0.15) is 50.0 Å². The highest BCUT2D eigenvalue weighted by atomic mass is 16.4. The van der Waals surface area contributed by atoms with Crippen LogP contribution in [0.3, 0.4) is 0 Å². The first-order chi connectivity index (χ1) is 12.1. The summed E-state index contributed by atoms with van der Waals surface area (Å²) in [7, 11) is 0. The Morgan fingerprint density at radius 2 is 1.69 bits per heavy atom. The van der Waals surface area contributed by atoms with E-state index in [1.807, 2.05) is 46.8 Å². The summed E-state index contributed by atoms with van der Waals surface area (Å²) < 4.78 is 0. The molecule has 1 rings (SSSR count). The number of carbonyl (C=O) groups is 3. The van der Waals surface area contributed by atoms with E-state index in [1.54, 1.807) is 12.1 Å². The van der Waals surface area contributed by atoms with E-state index in [9.17, 15) is 19.5 Å². The van der Waals surface area contributed by atoms with Gasteiger partial charge in [-0.1, -0.05) is 45.9 Å². The monoisotopic (exact) mass is 362 g/mol. The minimum Gasteiger partial charge on any atom is -0.481 e. The molecule has 0 saturated carbocycles. The lowest BCUT2D eigenvalue weighted by Gasteiger charge is -2.23. The van der Waals surface area contributed by atoms with Gasteiger partial charge in [0.05, 0.1) is 5.92 Å². The van der Waals surface area contributed by atoms with Crippen LogP contribution in [0.25, 0.3) is 0 Å². The highest BCUT2D eigenvalue weighted by Gasteiger charge is 2.27. The number of hydrogen-bond acceptors (Lipinski definition) is 3. The molecule has 6 heteroatoms. The third-order valence-corrected chi connectivity index (χ3v) is 4.25. The van der Waals surface area contributed by atoms with Crippen molar-refractivity contribution < 1.29 is 19.5 Å². The molecule has 0 bridgehead atoms. The second-order valence-electron chi connectivity index (χ2n) is 7.42. The summed E-state index contributed by atoms with van der Waals surface area (Å²) in [4.78, 5) is 36.4. The van der Waals surface area contributed by atoms with Gasteiger partial charge in [-0.05, 0) is 36.8 Å². The first-order valence-electron chi connectivity index (χ1n) is 9.00. The van der Waals surface area contributed by atoms with Crippen LogP contribution in [-0.2, 0) is 9.59 Å². The maximum atomic E-state index is 12.5. The predicted octanol–water partition coefficient (Wildman–Crippen LogP) is 2.61. The number of carboxylic acid groups (broad SMARTS) is 1. The maximum absolute atomic E-state index is 12.5. The normalized spacial score (nSPS) is 13.3. The van der Waals surface area contributed by atoms with E-state index in [0.29, 0.717) is 12.0 Å². The van der Waals surface area contributed by atoms with E-state index < -0.39 is 17.9 Å². The zero-order chi connectivity index (χ0) is 19.9. The minimum absolute atomic E-state index is 0.0514. The number of rotatable bonds is 9. The molecule has 0 aliphatic carbocycles. The van der Waals surface area contributed by atoms with E-state index in [0.717, 1.165) is 5.56 Å². The van der Waals surface area contributed by atoms with Gasteiger partial charge in [0.15, 0.2) is 0 Å². The molecule has 0 fully saturated rings. The molecule has 0 saturated heterocycles. The number of carboxylic acids is 1. The van der Waals surface area contributed by atoms with Crippen LogP contribution in [0.15, 0.2) is 24.3 Å². The number of aryl methyl sites for hydroxylation is 1. The van der Waals surface area contributed by atoms with Gasteiger partial charge in [0.2, 0.25) is 5.91 Å². The Bertz CT molecular complexity index is 640. The smallest absolute Gasteiger partial charge is 0.308 e. The fourth-order valence-electron chi connectivity index (χ4n) is 2.76. The van der Waals surface area contributed by atoms with Crippen LogP contribution in [0, 0.1) is 24.7 Å². The SMILES string of the molecule is Cc1ccccc1C(=O)NC(C(=O)NCC(CC(C)C)C(=O)O)C(C)C. The van der Waals surface area contributed by atoms with E-state index in [1.165, 1.54) is 0 Å². The van der Waals surface area contributed by atoms with Crippen molar-refractivity contribution in [3.63, 3.8) is 0 Å². The summed E-state index contributed by atoms with van der Waals surface area (Å²) in [6, 6.07) is 6.44. The zero-order valence-electron chi connectivity index (χ0n) is 16.2. The number of aliphatic carboxylic acids is 1. The molecule has 2 atom stereocenters. The molecule has 6 nitrogen and oxygen atoms in total. The van der Waals surface area contributed by atoms with Crippen molar-refractivity contribution in [3.05, 3.63) is 35.4 Å². The fraction of sp³-hybridized carbons (Fsp3) is 0.550. The van der Waals surface area contributed by atoms with Gasteiger partial charge in [0.1, 0.15) is 6.04 Å². The molecule has 1 aromatic rings. The molecule has 26 heavy (non-hydrogen) atoms. The van der Waals surface area contributed by atoms with E-state index in [-0.39, 0.29) is 30.2 Å². The van der Waals surface area contributed by atoms with Gasteiger partial charge in [0.25, 0.3) is 5.91 Å². The lowest BCUT2D eigenvalue weighted by molar-refractivity contribution is -0.142. The quantitative estimate of drug-likeness (QED) is 0.629. The summed E-state index contributed by atoms with van der Waals surface area (Å²) in [5.74, 6) is -2.15. The molecule has 1 aromatic carbocycles. The van der Waals surface area contributed by atoms with Crippen molar-refractivity contribution in [1.29, 1.82) is 0 Å². The largest absolute Gasteiger partial charge is 0.481 e. The second kappa shape index (κ2) is 9.94. The number of carbonyl (C=O) groups excluding carboxylic acids is 2. The highest BCUT2D eigenvalue weighted by molar-refractivity contribution is 5.98. The van der Waals surface area contributed by atoms with Gasteiger partial charge < -0.3 is 15.7 Å². The molecule has 0 radical (unpaired) electrons. The molecule has 144 valence electrons. The van der Waals surface area contributed by atoms with Crippen LogP contribution in [-0.4, -0.2) is 35.5 Å². The van der Waals surface area contributed by atoms with Gasteiger partial charge in [-0.3, -0.25) is 14.4 Å². The Morgan fingerprint density at radius 3 is 2.19 bits per heavy atom.